The number of anilines is 1. The molecule has 18 heavy (non-hydrogen) atoms. The van der Waals surface area contributed by atoms with Crippen molar-refractivity contribution in [1.82, 2.24) is 4.98 Å². The molecule has 0 spiro atoms. The first-order valence-electron chi connectivity index (χ1n) is 5.93. The van der Waals surface area contributed by atoms with E-state index in [0.29, 0.717) is 0 Å². The number of nitrogens with zero attached hydrogens (tertiary/aromatic N) is 2. The lowest BCUT2D eigenvalue weighted by atomic mass is 10.1. The molecule has 0 aromatic carbocycles. The van der Waals surface area contributed by atoms with Crippen LogP contribution >= 0.6 is 11.3 Å². The van der Waals surface area contributed by atoms with E-state index in [2.05, 4.69) is 27.4 Å². The summed E-state index contributed by atoms with van der Waals surface area (Å²) in [4.78, 5) is 7.94. The second kappa shape index (κ2) is 5.50. The van der Waals surface area contributed by atoms with Crippen LogP contribution in [0.4, 0.5) is 5.82 Å². The van der Waals surface area contributed by atoms with E-state index < -0.39 is 0 Å². The number of aliphatic hydroxyl groups excluding tert-OH is 1. The standard InChI is InChI=1S/C14H18N2OS/c1-10-7-11(2)15-14(13(10)9-17)16(3)8-12-5-4-6-18-12/h4-7,17H,8-9H2,1-3H3. The van der Waals surface area contributed by atoms with Crippen LogP contribution in [0.5, 0.6) is 0 Å². The van der Waals surface area contributed by atoms with E-state index >= 15 is 0 Å². The molecule has 0 bridgehead atoms. The molecule has 0 fully saturated rings. The van der Waals surface area contributed by atoms with E-state index in [-0.39, 0.29) is 6.61 Å². The molecule has 3 nitrogen and oxygen atoms in total. The molecule has 0 radical (unpaired) electrons. The van der Waals surface area contributed by atoms with Crippen molar-refractivity contribution in [3.63, 3.8) is 0 Å². The summed E-state index contributed by atoms with van der Waals surface area (Å²) in [6.07, 6.45) is 0. The number of aromatic nitrogens is 1. The highest BCUT2D eigenvalue weighted by molar-refractivity contribution is 7.09. The number of thiophene rings is 1. The van der Waals surface area contributed by atoms with Gasteiger partial charge in [-0.25, -0.2) is 4.98 Å². The van der Waals surface area contributed by atoms with Gasteiger partial charge in [-0.1, -0.05) is 6.07 Å². The van der Waals surface area contributed by atoms with Gasteiger partial charge in [-0.2, -0.15) is 0 Å². The second-order valence-corrected chi connectivity index (χ2v) is 5.51. The fraction of sp³-hybridized carbons (Fsp3) is 0.357. The third-order valence-electron chi connectivity index (χ3n) is 2.95. The van der Waals surface area contributed by atoms with Gasteiger partial charge in [0, 0.05) is 23.2 Å². The van der Waals surface area contributed by atoms with Gasteiger partial charge in [0.25, 0.3) is 0 Å². The van der Waals surface area contributed by atoms with Gasteiger partial charge in [0.2, 0.25) is 0 Å². The fourth-order valence-corrected chi connectivity index (χ4v) is 2.82. The Labute approximate surface area is 112 Å². The molecule has 4 heteroatoms. The maximum absolute atomic E-state index is 9.50. The van der Waals surface area contributed by atoms with Crippen LogP contribution in [0.25, 0.3) is 0 Å². The van der Waals surface area contributed by atoms with Crippen molar-refractivity contribution in [3.05, 3.63) is 45.3 Å². The molecule has 0 aliphatic carbocycles. The third-order valence-corrected chi connectivity index (χ3v) is 3.81. The summed E-state index contributed by atoms with van der Waals surface area (Å²) in [5, 5.41) is 11.6. The van der Waals surface area contributed by atoms with Crippen molar-refractivity contribution in [3.8, 4) is 0 Å². The minimum atomic E-state index is 0.0310. The van der Waals surface area contributed by atoms with E-state index in [1.807, 2.05) is 27.0 Å². The van der Waals surface area contributed by atoms with Crippen LogP contribution in [0.1, 0.15) is 21.7 Å². The number of aryl methyl sites for hydroxylation is 2. The van der Waals surface area contributed by atoms with Crippen molar-refractivity contribution in [2.45, 2.75) is 27.0 Å². The molecule has 0 atom stereocenters. The molecule has 1 N–H and O–H groups in total. The molecule has 2 aromatic rings. The molecule has 0 saturated carbocycles. The number of rotatable bonds is 4. The summed E-state index contributed by atoms with van der Waals surface area (Å²) >= 11 is 1.74. The molecule has 2 rings (SSSR count). The van der Waals surface area contributed by atoms with E-state index in [0.717, 1.165) is 29.2 Å². The monoisotopic (exact) mass is 262 g/mol. The SMILES string of the molecule is Cc1cc(C)c(CO)c(N(C)Cc2cccs2)n1. The minimum Gasteiger partial charge on any atom is -0.392 e. The third kappa shape index (κ3) is 2.71. The number of hydrogen-bond donors (Lipinski definition) is 1. The van der Waals surface area contributed by atoms with Crippen molar-refractivity contribution >= 4 is 17.2 Å². The van der Waals surface area contributed by atoms with Crippen LogP contribution in [0, 0.1) is 13.8 Å². The maximum atomic E-state index is 9.50. The lowest BCUT2D eigenvalue weighted by molar-refractivity contribution is 0.281. The summed E-state index contributed by atoms with van der Waals surface area (Å²) in [6.45, 7) is 4.85. The van der Waals surface area contributed by atoms with Gasteiger partial charge in [0.1, 0.15) is 5.82 Å². The van der Waals surface area contributed by atoms with Gasteiger partial charge < -0.3 is 10.0 Å². The predicted octanol–water partition coefficient (Wildman–Crippen LogP) is 2.89. The fourth-order valence-electron chi connectivity index (χ4n) is 2.07. The van der Waals surface area contributed by atoms with Crippen molar-refractivity contribution in [2.24, 2.45) is 0 Å². The van der Waals surface area contributed by atoms with E-state index in [1.165, 1.54) is 4.88 Å². The maximum Gasteiger partial charge on any atom is 0.134 e. The topological polar surface area (TPSA) is 36.4 Å². The van der Waals surface area contributed by atoms with Crippen LogP contribution in [0.15, 0.2) is 23.6 Å². The summed E-state index contributed by atoms with van der Waals surface area (Å²) in [5.41, 5.74) is 3.00. The Morgan fingerprint density at radius 1 is 1.39 bits per heavy atom. The van der Waals surface area contributed by atoms with Crippen LogP contribution in [-0.2, 0) is 13.2 Å². The molecule has 2 heterocycles. The smallest absolute Gasteiger partial charge is 0.134 e. The van der Waals surface area contributed by atoms with E-state index in [9.17, 15) is 5.11 Å². The summed E-state index contributed by atoms with van der Waals surface area (Å²) < 4.78 is 0. The number of hydrogen-bond acceptors (Lipinski definition) is 4. The Balaban J connectivity index is 2.31. The van der Waals surface area contributed by atoms with Crippen molar-refractivity contribution < 1.29 is 5.11 Å². The predicted molar refractivity (Wildman–Crippen MR) is 76.1 cm³/mol. The minimum absolute atomic E-state index is 0.0310. The van der Waals surface area contributed by atoms with Crippen molar-refractivity contribution in [2.75, 3.05) is 11.9 Å². The second-order valence-electron chi connectivity index (χ2n) is 4.48. The lowest BCUT2D eigenvalue weighted by Gasteiger charge is -2.22. The van der Waals surface area contributed by atoms with Crippen LogP contribution < -0.4 is 4.90 Å². The molecular weight excluding hydrogens is 244 g/mol. The summed E-state index contributed by atoms with van der Waals surface area (Å²) in [7, 11) is 2.01. The normalized spacial score (nSPS) is 10.7. The molecule has 0 unspecified atom stereocenters. The zero-order chi connectivity index (χ0) is 13.1. The van der Waals surface area contributed by atoms with Crippen LogP contribution in [0.2, 0.25) is 0 Å². The molecule has 2 aromatic heterocycles. The highest BCUT2D eigenvalue weighted by Gasteiger charge is 2.12. The van der Waals surface area contributed by atoms with E-state index in [4.69, 9.17) is 0 Å². The van der Waals surface area contributed by atoms with Crippen LogP contribution in [-0.4, -0.2) is 17.1 Å². The van der Waals surface area contributed by atoms with Crippen molar-refractivity contribution in [1.29, 1.82) is 0 Å². The molecule has 0 aliphatic rings. The zero-order valence-electron chi connectivity index (χ0n) is 11.0. The Morgan fingerprint density at radius 2 is 2.17 bits per heavy atom. The van der Waals surface area contributed by atoms with E-state index in [1.54, 1.807) is 11.3 Å². The van der Waals surface area contributed by atoms with Gasteiger partial charge in [-0.05, 0) is 36.9 Å². The Kier molecular flexibility index (Phi) is 3.99. The van der Waals surface area contributed by atoms with Gasteiger partial charge in [0.15, 0.2) is 0 Å². The molecule has 96 valence electrons. The Hall–Kier alpha value is -1.39. The average molecular weight is 262 g/mol. The molecule has 0 saturated heterocycles. The Bertz CT molecular complexity index is 523. The lowest BCUT2D eigenvalue weighted by Crippen LogP contribution is -2.20. The highest BCUT2D eigenvalue weighted by Crippen LogP contribution is 2.24. The molecule has 0 aliphatic heterocycles. The van der Waals surface area contributed by atoms with Gasteiger partial charge >= 0.3 is 0 Å². The number of aliphatic hydroxyl groups is 1. The first-order chi connectivity index (χ1) is 8.61. The largest absolute Gasteiger partial charge is 0.392 e. The quantitative estimate of drug-likeness (QED) is 0.920. The Morgan fingerprint density at radius 3 is 2.78 bits per heavy atom. The van der Waals surface area contributed by atoms with Gasteiger partial charge in [-0.3, -0.25) is 0 Å². The molecule has 0 amide bonds. The zero-order valence-corrected chi connectivity index (χ0v) is 11.8. The number of pyridine rings is 1. The molecular formula is C14H18N2OS. The summed E-state index contributed by atoms with van der Waals surface area (Å²) in [6, 6.07) is 6.17. The van der Waals surface area contributed by atoms with Gasteiger partial charge in [0.05, 0.1) is 13.2 Å². The first kappa shape index (κ1) is 13.1. The first-order valence-corrected chi connectivity index (χ1v) is 6.81. The average Bonchev–Trinajstić information content (AvgIpc) is 2.80. The van der Waals surface area contributed by atoms with Gasteiger partial charge in [-0.15, -0.1) is 11.3 Å². The highest BCUT2D eigenvalue weighted by atomic mass is 32.1. The summed E-state index contributed by atoms with van der Waals surface area (Å²) in [5.74, 6) is 0.878. The van der Waals surface area contributed by atoms with Crippen LogP contribution in [0.3, 0.4) is 0 Å².